The minimum absolute atomic E-state index is 0.155. The largest absolute Gasteiger partial charge is 0.487 e. The number of aromatic nitrogens is 1. The number of nitrogens with zero attached hydrogens (tertiary/aromatic N) is 1. The van der Waals surface area contributed by atoms with Crippen LogP contribution < -0.4 is 10.1 Å². The monoisotopic (exact) mass is 694 g/mol. The molecule has 2 atom stereocenters. The second-order valence-corrected chi connectivity index (χ2v) is 12.3. The topological polar surface area (TPSA) is 110 Å². The van der Waals surface area contributed by atoms with Gasteiger partial charge >= 0.3 is 5.97 Å². The molecule has 0 saturated carbocycles. The average molecular weight is 695 g/mol. The van der Waals surface area contributed by atoms with Crippen LogP contribution in [0.4, 0.5) is 14.5 Å². The zero-order chi connectivity index (χ0) is 36.5. The van der Waals surface area contributed by atoms with Crippen molar-refractivity contribution in [3.8, 4) is 28.0 Å². The average Bonchev–Trinajstić information content (AvgIpc) is 3.47. The summed E-state index contributed by atoms with van der Waals surface area (Å²) in [5.41, 5.74) is 4.18. The van der Waals surface area contributed by atoms with Crippen LogP contribution in [0.3, 0.4) is 0 Å². The van der Waals surface area contributed by atoms with Crippen LogP contribution in [0, 0.1) is 11.6 Å². The highest BCUT2D eigenvalue weighted by Crippen LogP contribution is 2.43. The zero-order valence-electron chi connectivity index (χ0n) is 28.6. The lowest BCUT2D eigenvalue weighted by Gasteiger charge is -2.18. The van der Waals surface area contributed by atoms with E-state index in [1.54, 1.807) is 59.2 Å². The van der Waals surface area contributed by atoms with Crippen LogP contribution in [0.1, 0.15) is 54.5 Å². The van der Waals surface area contributed by atoms with Crippen LogP contribution in [0.2, 0.25) is 0 Å². The molecule has 1 amide bonds. The molecule has 5 rings (SSSR count). The number of nitrogens with one attached hydrogen (secondary N) is 1. The maximum atomic E-state index is 14.6. The first-order chi connectivity index (χ1) is 24.5. The molecule has 0 aliphatic heterocycles. The molecule has 5 aromatic rings. The molecule has 1 heterocycles. The lowest BCUT2D eigenvalue weighted by atomic mass is 9.94. The molecule has 0 saturated heterocycles. The fourth-order valence-corrected chi connectivity index (χ4v) is 5.87. The molecular formula is C41H40F2N2O6. The number of amides is 1. The molecule has 3 N–H and O–H groups in total. The molecule has 0 spiro atoms. The molecule has 0 aliphatic carbocycles. The number of methoxy groups -OCH3 is 1. The van der Waals surface area contributed by atoms with Crippen molar-refractivity contribution < 1.29 is 38.1 Å². The number of esters is 1. The van der Waals surface area contributed by atoms with E-state index in [0.717, 1.165) is 5.56 Å². The molecule has 0 bridgehead atoms. The van der Waals surface area contributed by atoms with Crippen LogP contribution in [-0.2, 0) is 16.1 Å². The minimum atomic E-state index is -1.18. The van der Waals surface area contributed by atoms with Gasteiger partial charge in [-0.3, -0.25) is 9.59 Å². The Kier molecular flexibility index (Phi) is 12.2. The third kappa shape index (κ3) is 9.16. The number of ether oxygens (including phenoxy) is 2. The fraction of sp³-hybridized carbons (Fsp3) is 0.220. The number of benzene rings is 4. The highest BCUT2D eigenvalue weighted by molar-refractivity contribution is 6.12. The van der Waals surface area contributed by atoms with Gasteiger partial charge in [0.15, 0.2) is 0 Å². The van der Waals surface area contributed by atoms with Crippen molar-refractivity contribution in [1.29, 1.82) is 0 Å². The number of halogens is 2. The van der Waals surface area contributed by atoms with Crippen molar-refractivity contribution in [3.05, 3.63) is 138 Å². The van der Waals surface area contributed by atoms with E-state index in [1.165, 1.54) is 37.5 Å². The Morgan fingerprint density at radius 2 is 1.41 bits per heavy atom. The van der Waals surface area contributed by atoms with Crippen molar-refractivity contribution >= 4 is 23.6 Å². The fourth-order valence-electron chi connectivity index (χ4n) is 5.87. The molecule has 51 heavy (non-hydrogen) atoms. The summed E-state index contributed by atoms with van der Waals surface area (Å²) in [5.74, 6) is -1.57. The third-order valence-electron chi connectivity index (χ3n) is 8.23. The Labute approximate surface area is 295 Å². The first kappa shape index (κ1) is 36.7. The molecule has 8 nitrogen and oxygen atoms in total. The van der Waals surface area contributed by atoms with Gasteiger partial charge in [-0.15, -0.1) is 0 Å². The van der Waals surface area contributed by atoms with Gasteiger partial charge in [0.05, 0.1) is 31.4 Å². The highest BCUT2D eigenvalue weighted by atomic mass is 19.1. The van der Waals surface area contributed by atoms with E-state index in [2.05, 4.69) is 10.1 Å². The quantitative estimate of drug-likeness (QED) is 0.101. The van der Waals surface area contributed by atoms with Crippen LogP contribution in [-0.4, -0.2) is 46.0 Å². The van der Waals surface area contributed by atoms with E-state index in [1.807, 2.05) is 44.2 Å². The number of aliphatic hydroxyl groups excluding tert-OH is 2. The smallest absolute Gasteiger partial charge is 0.308 e. The van der Waals surface area contributed by atoms with E-state index in [9.17, 15) is 28.6 Å². The van der Waals surface area contributed by atoms with Gasteiger partial charge < -0.3 is 29.6 Å². The number of carbonyl (C=O) groups is 2. The van der Waals surface area contributed by atoms with Crippen molar-refractivity contribution in [2.45, 2.75) is 51.5 Å². The number of hydrogen-bond acceptors (Lipinski definition) is 6. The maximum Gasteiger partial charge on any atom is 0.308 e. The molecule has 0 fully saturated rings. The van der Waals surface area contributed by atoms with Crippen molar-refractivity contribution in [3.63, 3.8) is 0 Å². The third-order valence-corrected chi connectivity index (χ3v) is 8.23. The number of hydrogen-bond donors (Lipinski definition) is 3. The van der Waals surface area contributed by atoms with E-state index in [4.69, 9.17) is 4.74 Å². The predicted molar refractivity (Wildman–Crippen MR) is 193 cm³/mol. The molecule has 4 aromatic carbocycles. The normalized spacial score (nSPS) is 12.5. The maximum absolute atomic E-state index is 14.6. The summed E-state index contributed by atoms with van der Waals surface area (Å²) in [6.45, 7) is 4.06. The molecule has 10 heteroatoms. The Morgan fingerprint density at radius 3 is 2.02 bits per heavy atom. The number of carbonyl (C=O) groups excluding carboxylic acids is 2. The van der Waals surface area contributed by atoms with Crippen molar-refractivity contribution in [1.82, 2.24) is 4.57 Å². The Hall–Kier alpha value is -5.58. The summed E-state index contributed by atoms with van der Waals surface area (Å²) in [6.07, 6.45) is 0.310. The van der Waals surface area contributed by atoms with E-state index >= 15 is 0 Å². The van der Waals surface area contributed by atoms with Crippen LogP contribution in [0.15, 0.2) is 109 Å². The summed E-state index contributed by atoms with van der Waals surface area (Å²) in [4.78, 5) is 26.3. The number of aliphatic hydroxyl groups is 2. The summed E-state index contributed by atoms with van der Waals surface area (Å²) in [7, 11) is 1.21. The Bertz CT molecular complexity index is 1970. The Morgan fingerprint density at radius 1 is 0.824 bits per heavy atom. The molecule has 264 valence electrons. The van der Waals surface area contributed by atoms with E-state index < -0.39 is 35.7 Å². The summed E-state index contributed by atoms with van der Waals surface area (Å²) >= 11 is 0. The van der Waals surface area contributed by atoms with Gasteiger partial charge in [0.25, 0.3) is 5.91 Å². The second-order valence-electron chi connectivity index (χ2n) is 12.3. The van der Waals surface area contributed by atoms with Gasteiger partial charge in [-0.2, -0.15) is 0 Å². The lowest BCUT2D eigenvalue weighted by Crippen LogP contribution is -2.21. The number of rotatable bonds is 14. The van der Waals surface area contributed by atoms with Crippen LogP contribution in [0.25, 0.3) is 28.3 Å². The number of para-hydroxylation sites is 2. The molecular weight excluding hydrogens is 654 g/mol. The van der Waals surface area contributed by atoms with E-state index in [-0.39, 0.29) is 31.2 Å². The lowest BCUT2D eigenvalue weighted by molar-refractivity contribution is -0.143. The van der Waals surface area contributed by atoms with Gasteiger partial charge in [-0.05, 0) is 73.0 Å². The van der Waals surface area contributed by atoms with Gasteiger partial charge in [-0.25, -0.2) is 8.78 Å². The SMILES string of the molecule is COC(=O)C[C@H](O)C[C@H](O)/C=C/c1c(-c2ccc(F)cc2)c(-c2ccc(F)cc2)c(C(=O)Nc2ccccc2OCc2ccccc2)n1C(C)C. The second kappa shape index (κ2) is 16.9. The molecule has 1 aromatic heterocycles. The zero-order valence-corrected chi connectivity index (χ0v) is 28.6. The van der Waals surface area contributed by atoms with Crippen LogP contribution >= 0.6 is 0 Å². The number of anilines is 1. The standard InChI is InChI=1S/C41H40F2N2O6/c1-26(2)45-35(22-21-32(46)23-33(47)24-37(48)50-3)38(28-13-17-30(42)18-14-28)39(29-15-19-31(43)20-16-29)40(45)41(49)44-34-11-7-8-12-36(34)51-25-27-9-5-4-6-10-27/h4-22,26,32-33,46-47H,23-25H2,1-3H3,(H,44,49)/b22-21+/t32-,33-/m1/s1. The summed E-state index contributed by atoms with van der Waals surface area (Å²) in [6, 6.07) is 27.9. The van der Waals surface area contributed by atoms with Crippen molar-refractivity contribution in [2.24, 2.45) is 0 Å². The van der Waals surface area contributed by atoms with Crippen molar-refractivity contribution in [2.75, 3.05) is 12.4 Å². The minimum Gasteiger partial charge on any atom is -0.487 e. The first-order valence-electron chi connectivity index (χ1n) is 16.5. The van der Waals surface area contributed by atoms with Gasteiger partial charge in [-0.1, -0.05) is 72.8 Å². The van der Waals surface area contributed by atoms with Gasteiger partial charge in [0.2, 0.25) is 0 Å². The van der Waals surface area contributed by atoms with E-state index in [0.29, 0.717) is 39.4 Å². The Balaban J connectivity index is 1.65. The van der Waals surface area contributed by atoms with Gasteiger partial charge in [0, 0.05) is 29.3 Å². The predicted octanol–water partition coefficient (Wildman–Crippen LogP) is 8.20. The summed E-state index contributed by atoms with van der Waals surface area (Å²) < 4.78 is 41.0. The first-order valence-corrected chi connectivity index (χ1v) is 16.5. The molecule has 0 unspecified atom stereocenters. The van der Waals surface area contributed by atoms with Gasteiger partial charge in [0.1, 0.15) is 29.7 Å². The van der Waals surface area contributed by atoms with Crippen LogP contribution in [0.5, 0.6) is 5.75 Å². The highest BCUT2D eigenvalue weighted by Gasteiger charge is 2.30. The molecule has 0 radical (unpaired) electrons. The molecule has 0 aliphatic rings. The summed E-state index contributed by atoms with van der Waals surface area (Å²) in [5, 5.41) is 24.3.